The van der Waals surface area contributed by atoms with Crippen LogP contribution in [0, 0.1) is 25.6 Å². The van der Waals surface area contributed by atoms with Crippen molar-refractivity contribution < 1.29 is 9.18 Å². The second-order valence-corrected chi connectivity index (χ2v) is 7.63. The number of rotatable bonds is 5. The molecule has 3 aromatic rings. The Hall–Kier alpha value is -3.36. The number of aryl methyl sites for hydroxylation is 2. The fraction of sp³-hybridized carbons (Fsp3) is 0.381. The van der Waals surface area contributed by atoms with Gasteiger partial charge in [-0.25, -0.2) is 14.4 Å². The number of anilines is 2. The van der Waals surface area contributed by atoms with Crippen LogP contribution in [0.2, 0.25) is 0 Å². The molecule has 4 rings (SSSR count). The molecule has 3 heterocycles. The average Bonchev–Trinajstić information content (AvgIpc) is 3.16. The molecule has 9 heteroatoms. The highest BCUT2D eigenvalue weighted by atomic mass is 19.1. The molecule has 1 saturated heterocycles. The number of hydrogen-bond donors (Lipinski definition) is 2. The SMILES string of the molecule is Cc1cc(C)nc(N2CCC[C@H](C(=O)Nc3n[nH]c(Cc4ccc(F)cc4)n3)C2)n1. The Labute approximate surface area is 174 Å². The molecule has 1 atom stereocenters. The summed E-state index contributed by atoms with van der Waals surface area (Å²) < 4.78 is 13.0. The van der Waals surface area contributed by atoms with Gasteiger partial charge in [0.25, 0.3) is 0 Å². The van der Waals surface area contributed by atoms with E-state index in [1.807, 2.05) is 19.9 Å². The number of carbonyl (C=O) groups excluding carboxylic acids is 1. The van der Waals surface area contributed by atoms with E-state index in [1.54, 1.807) is 12.1 Å². The summed E-state index contributed by atoms with van der Waals surface area (Å²) in [4.78, 5) is 28.2. The molecule has 1 aromatic carbocycles. The van der Waals surface area contributed by atoms with Crippen LogP contribution in [-0.4, -0.2) is 44.1 Å². The molecule has 1 aliphatic heterocycles. The molecular weight excluding hydrogens is 385 g/mol. The second-order valence-electron chi connectivity index (χ2n) is 7.63. The maximum Gasteiger partial charge on any atom is 0.248 e. The van der Waals surface area contributed by atoms with Gasteiger partial charge in [0.15, 0.2) is 0 Å². The lowest BCUT2D eigenvalue weighted by molar-refractivity contribution is -0.120. The lowest BCUT2D eigenvalue weighted by Crippen LogP contribution is -2.41. The summed E-state index contributed by atoms with van der Waals surface area (Å²) >= 11 is 0. The third-order valence-electron chi connectivity index (χ3n) is 5.10. The van der Waals surface area contributed by atoms with E-state index < -0.39 is 0 Å². The Bertz CT molecular complexity index is 1010. The van der Waals surface area contributed by atoms with Crippen LogP contribution in [-0.2, 0) is 11.2 Å². The van der Waals surface area contributed by atoms with Gasteiger partial charge in [-0.15, -0.1) is 5.10 Å². The van der Waals surface area contributed by atoms with Crippen LogP contribution in [0.4, 0.5) is 16.3 Å². The number of aromatic nitrogens is 5. The first-order valence-electron chi connectivity index (χ1n) is 10.00. The minimum Gasteiger partial charge on any atom is -0.340 e. The van der Waals surface area contributed by atoms with Crippen LogP contribution < -0.4 is 10.2 Å². The van der Waals surface area contributed by atoms with Crippen molar-refractivity contribution in [2.24, 2.45) is 5.92 Å². The van der Waals surface area contributed by atoms with Crippen LogP contribution in [0.25, 0.3) is 0 Å². The van der Waals surface area contributed by atoms with E-state index in [4.69, 9.17) is 0 Å². The quantitative estimate of drug-likeness (QED) is 0.672. The maximum absolute atomic E-state index is 13.0. The Morgan fingerprint density at radius 3 is 2.67 bits per heavy atom. The van der Waals surface area contributed by atoms with Crippen molar-refractivity contribution in [2.75, 3.05) is 23.3 Å². The molecule has 2 N–H and O–H groups in total. The largest absolute Gasteiger partial charge is 0.340 e. The number of carbonyl (C=O) groups is 1. The average molecular weight is 409 g/mol. The topological polar surface area (TPSA) is 99.7 Å². The van der Waals surface area contributed by atoms with Crippen molar-refractivity contribution in [3.63, 3.8) is 0 Å². The highest BCUT2D eigenvalue weighted by Gasteiger charge is 2.28. The molecule has 1 fully saturated rings. The molecule has 0 aliphatic carbocycles. The zero-order valence-electron chi connectivity index (χ0n) is 17.0. The molecule has 2 aromatic heterocycles. The van der Waals surface area contributed by atoms with Gasteiger partial charge in [0.05, 0.1) is 5.92 Å². The molecule has 0 unspecified atom stereocenters. The first-order chi connectivity index (χ1) is 14.5. The van der Waals surface area contributed by atoms with E-state index in [0.29, 0.717) is 24.7 Å². The summed E-state index contributed by atoms with van der Waals surface area (Å²) in [6.45, 7) is 5.27. The second kappa shape index (κ2) is 8.56. The number of halogens is 1. The molecule has 0 spiro atoms. The fourth-order valence-electron chi connectivity index (χ4n) is 3.66. The fourth-order valence-corrected chi connectivity index (χ4v) is 3.66. The molecule has 1 aliphatic rings. The number of aromatic amines is 1. The van der Waals surface area contributed by atoms with Gasteiger partial charge in [-0.05, 0) is 50.5 Å². The Balaban J connectivity index is 1.37. The summed E-state index contributed by atoms with van der Waals surface area (Å²) in [7, 11) is 0. The molecule has 1 amide bonds. The van der Waals surface area contributed by atoms with E-state index in [9.17, 15) is 9.18 Å². The number of piperidine rings is 1. The number of amides is 1. The summed E-state index contributed by atoms with van der Waals surface area (Å²) in [5.74, 6) is 0.933. The Morgan fingerprint density at radius 1 is 1.20 bits per heavy atom. The summed E-state index contributed by atoms with van der Waals surface area (Å²) in [5, 5.41) is 9.71. The Kier molecular flexibility index (Phi) is 5.69. The van der Waals surface area contributed by atoms with Crippen LogP contribution in [0.5, 0.6) is 0 Å². The van der Waals surface area contributed by atoms with Gasteiger partial charge < -0.3 is 4.90 Å². The van der Waals surface area contributed by atoms with Gasteiger partial charge in [0, 0.05) is 30.9 Å². The van der Waals surface area contributed by atoms with Gasteiger partial charge in [-0.3, -0.25) is 15.2 Å². The number of nitrogens with zero attached hydrogens (tertiary/aromatic N) is 5. The van der Waals surface area contributed by atoms with Crippen molar-refractivity contribution in [1.29, 1.82) is 0 Å². The summed E-state index contributed by atoms with van der Waals surface area (Å²) in [5.41, 5.74) is 2.73. The lowest BCUT2D eigenvalue weighted by Gasteiger charge is -2.32. The summed E-state index contributed by atoms with van der Waals surface area (Å²) in [6.07, 6.45) is 2.16. The van der Waals surface area contributed by atoms with Crippen molar-refractivity contribution in [3.05, 3.63) is 58.9 Å². The normalized spacial score (nSPS) is 16.5. The number of hydrogen-bond acceptors (Lipinski definition) is 6. The predicted molar refractivity (Wildman–Crippen MR) is 111 cm³/mol. The lowest BCUT2D eigenvalue weighted by atomic mass is 9.97. The molecule has 0 radical (unpaired) electrons. The molecule has 0 saturated carbocycles. The first kappa shape index (κ1) is 19.9. The number of H-pyrrole nitrogens is 1. The Morgan fingerprint density at radius 2 is 1.93 bits per heavy atom. The number of nitrogens with one attached hydrogen (secondary N) is 2. The standard InChI is InChI=1S/C21H24FN7O/c1-13-10-14(2)24-21(23-13)29-9-3-4-16(12-29)19(30)26-20-25-18(27-28-20)11-15-5-7-17(22)8-6-15/h5-8,10,16H,3-4,9,11-12H2,1-2H3,(H2,25,26,27,28,30)/t16-/m0/s1. The molecule has 8 nitrogen and oxygen atoms in total. The van der Waals surface area contributed by atoms with Gasteiger partial charge in [-0.2, -0.15) is 4.98 Å². The van der Waals surface area contributed by atoms with E-state index in [-0.39, 0.29) is 23.6 Å². The van der Waals surface area contributed by atoms with Crippen molar-refractivity contribution in [2.45, 2.75) is 33.1 Å². The maximum atomic E-state index is 13.0. The van der Waals surface area contributed by atoms with Crippen LogP contribution in [0.3, 0.4) is 0 Å². The summed E-state index contributed by atoms with van der Waals surface area (Å²) in [6, 6.07) is 8.14. The highest BCUT2D eigenvalue weighted by Crippen LogP contribution is 2.22. The van der Waals surface area contributed by atoms with Crippen molar-refractivity contribution in [3.8, 4) is 0 Å². The molecule has 0 bridgehead atoms. The van der Waals surface area contributed by atoms with E-state index in [1.165, 1.54) is 12.1 Å². The smallest absolute Gasteiger partial charge is 0.248 e. The van der Waals surface area contributed by atoms with E-state index in [0.717, 1.165) is 36.3 Å². The molecule has 156 valence electrons. The predicted octanol–water partition coefficient (Wildman–Crippen LogP) is 2.80. The zero-order valence-corrected chi connectivity index (χ0v) is 17.0. The molecule has 30 heavy (non-hydrogen) atoms. The van der Waals surface area contributed by atoms with Crippen LogP contribution in [0.15, 0.2) is 30.3 Å². The van der Waals surface area contributed by atoms with Gasteiger partial charge in [0.1, 0.15) is 11.6 Å². The van der Waals surface area contributed by atoms with Gasteiger partial charge >= 0.3 is 0 Å². The minimum atomic E-state index is -0.281. The molecular formula is C21H24FN7O. The highest BCUT2D eigenvalue weighted by molar-refractivity contribution is 5.91. The zero-order chi connectivity index (χ0) is 21.1. The van der Waals surface area contributed by atoms with Gasteiger partial charge in [-0.1, -0.05) is 12.1 Å². The van der Waals surface area contributed by atoms with Gasteiger partial charge in [0.2, 0.25) is 17.8 Å². The van der Waals surface area contributed by atoms with E-state index >= 15 is 0 Å². The third-order valence-corrected chi connectivity index (χ3v) is 5.10. The first-order valence-corrected chi connectivity index (χ1v) is 10.00. The van der Waals surface area contributed by atoms with E-state index in [2.05, 4.69) is 35.4 Å². The monoisotopic (exact) mass is 409 g/mol. The van der Waals surface area contributed by atoms with Crippen molar-refractivity contribution >= 4 is 17.8 Å². The third kappa shape index (κ3) is 4.79. The van der Waals surface area contributed by atoms with Crippen molar-refractivity contribution in [1.82, 2.24) is 25.1 Å². The van der Waals surface area contributed by atoms with Crippen LogP contribution in [0.1, 0.15) is 35.6 Å². The van der Waals surface area contributed by atoms with Crippen LogP contribution >= 0.6 is 0 Å². The number of benzene rings is 1. The minimum absolute atomic E-state index is 0.114.